The first kappa shape index (κ1) is 20.8. The molecule has 32 heavy (non-hydrogen) atoms. The van der Waals surface area contributed by atoms with Crippen molar-refractivity contribution in [3.63, 3.8) is 0 Å². The normalized spacial score (nSPS) is 19.4. The second-order valence-corrected chi connectivity index (χ2v) is 9.48. The van der Waals surface area contributed by atoms with E-state index in [2.05, 4.69) is 16.9 Å². The molecule has 0 radical (unpaired) electrons. The van der Waals surface area contributed by atoms with Crippen molar-refractivity contribution in [1.29, 1.82) is 0 Å². The number of hydrogen-bond donors (Lipinski definition) is 2. The zero-order chi connectivity index (χ0) is 22.4. The van der Waals surface area contributed by atoms with Gasteiger partial charge in [-0.1, -0.05) is 35.9 Å². The maximum absolute atomic E-state index is 12.1. The number of amides is 1. The summed E-state index contributed by atoms with van der Waals surface area (Å²) in [5.41, 5.74) is 6.01. The van der Waals surface area contributed by atoms with Gasteiger partial charge in [0, 0.05) is 22.6 Å². The van der Waals surface area contributed by atoms with Crippen LogP contribution in [-0.2, 0) is 22.2 Å². The molecule has 1 unspecified atom stereocenters. The van der Waals surface area contributed by atoms with Gasteiger partial charge in [-0.05, 0) is 71.0 Å². The van der Waals surface area contributed by atoms with Gasteiger partial charge in [0.05, 0.1) is 12.0 Å². The van der Waals surface area contributed by atoms with Crippen LogP contribution in [0.2, 0.25) is 5.02 Å². The summed E-state index contributed by atoms with van der Waals surface area (Å²) in [5, 5.41) is 11.3. The summed E-state index contributed by atoms with van der Waals surface area (Å²) in [6.07, 6.45) is 3.08. The fourth-order valence-electron chi connectivity index (χ4n) is 4.61. The van der Waals surface area contributed by atoms with Gasteiger partial charge < -0.3 is 9.84 Å². The molecule has 1 aliphatic heterocycles. The van der Waals surface area contributed by atoms with E-state index in [0.717, 1.165) is 29.5 Å². The molecule has 3 aromatic carbocycles. The Hall–Kier alpha value is -3.09. The lowest BCUT2D eigenvalue weighted by molar-refractivity contribution is -0.114. The largest absolute Gasteiger partial charge is 0.507 e. The highest BCUT2D eigenvalue weighted by molar-refractivity contribution is 7.94. The van der Waals surface area contributed by atoms with Gasteiger partial charge in [-0.25, -0.2) is 4.21 Å². The van der Waals surface area contributed by atoms with Crippen molar-refractivity contribution in [2.75, 3.05) is 7.11 Å². The SMILES string of the molecule is COc1cc(Cl)cc(-c2cccc3c2CC[C@@H]3c2ccc(C3=CC(=O)NS3=O)c(O)c2)c1. The Labute approximate surface area is 193 Å². The molecule has 0 aromatic heterocycles. The predicted molar refractivity (Wildman–Crippen MR) is 126 cm³/mol. The zero-order valence-corrected chi connectivity index (χ0v) is 18.8. The molecule has 2 atom stereocenters. The number of carbonyl (C=O) groups excluding carboxylic acids is 1. The van der Waals surface area contributed by atoms with Gasteiger partial charge in [-0.2, -0.15) is 0 Å². The third kappa shape index (κ3) is 3.59. The topological polar surface area (TPSA) is 75.6 Å². The maximum atomic E-state index is 12.1. The second-order valence-electron chi connectivity index (χ2n) is 7.86. The number of methoxy groups -OCH3 is 1. The van der Waals surface area contributed by atoms with Crippen LogP contribution in [-0.4, -0.2) is 22.3 Å². The Kier molecular flexibility index (Phi) is 5.27. The fourth-order valence-corrected chi connectivity index (χ4v) is 5.77. The Morgan fingerprint density at radius 3 is 2.69 bits per heavy atom. The molecular weight excluding hydrogens is 446 g/mol. The van der Waals surface area contributed by atoms with E-state index in [1.54, 1.807) is 25.3 Å². The average Bonchev–Trinajstić information content (AvgIpc) is 3.35. The van der Waals surface area contributed by atoms with Crippen molar-refractivity contribution in [1.82, 2.24) is 4.72 Å². The number of fused-ring (bicyclic) bond motifs is 1. The standard InChI is InChI=1S/C25H20ClNO4S/c1-31-17-10-15(9-16(26)12-17)18-3-2-4-20-19(7-8-21(18)20)14-5-6-22(23(28)11-14)24-13-25(29)27-32(24)30/h2-6,9-13,19,28H,7-8H2,1H3,(H,27,29)/t19-,32?/m1/s1. The third-order valence-electron chi connectivity index (χ3n) is 6.03. The lowest BCUT2D eigenvalue weighted by atomic mass is 9.90. The molecule has 2 N–H and O–H groups in total. The van der Waals surface area contributed by atoms with Crippen molar-refractivity contribution < 1.29 is 18.8 Å². The number of nitrogens with one attached hydrogen (secondary N) is 1. The first-order valence-electron chi connectivity index (χ1n) is 10.2. The van der Waals surface area contributed by atoms with Crippen LogP contribution >= 0.6 is 11.6 Å². The number of phenols is 1. The molecule has 1 amide bonds. The number of carbonyl (C=O) groups is 1. The van der Waals surface area contributed by atoms with Crippen LogP contribution in [0.1, 0.15) is 34.6 Å². The van der Waals surface area contributed by atoms with E-state index in [-0.39, 0.29) is 11.7 Å². The van der Waals surface area contributed by atoms with Gasteiger partial charge >= 0.3 is 0 Å². The second kappa shape index (κ2) is 8.11. The minimum absolute atomic E-state index is 0.0165. The van der Waals surface area contributed by atoms with E-state index in [0.29, 0.717) is 21.2 Å². The Morgan fingerprint density at radius 2 is 1.97 bits per heavy atom. The summed E-state index contributed by atoms with van der Waals surface area (Å²) in [5.74, 6) is 0.444. The third-order valence-corrected chi connectivity index (χ3v) is 7.38. The maximum Gasteiger partial charge on any atom is 0.257 e. The predicted octanol–water partition coefficient (Wildman–Crippen LogP) is 4.93. The number of aromatic hydroxyl groups is 1. The first-order chi connectivity index (χ1) is 15.4. The molecule has 0 saturated heterocycles. The van der Waals surface area contributed by atoms with E-state index in [9.17, 15) is 14.1 Å². The summed E-state index contributed by atoms with van der Waals surface area (Å²) in [6.45, 7) is 0. The summed E-state index contributed by atoms with van der Waals surface area (Å²) in [7, 11) is -0.0202. The molecule has 2 aliphatic rings. The minimum atomic E-state index is -1.65. The smallest absolute Gasteiger partial charge is 0.257 e. The van der Waals surface area contributed by atoms with Crippen molar-refractivity contribution in [2.45, 2.75) is 18.8 Å². The van der Waals surface area contributed by atoms with Crippen LogP contribution in [0.4, 0.5) is 0 Å². The van der Waals surface area contributed by atoms with Crippen LogP contribution in [0.5, 0.6) is 11.5 Å². The van der Waals surface area contributed by atoms with Gasteiger partial charge in [-0.15, -0.1) is 0 Å². The molecule has 1 aliphatic carbocycles. The number of hydrogen-bond acceptors (Lipinski definition) is 4. The van der Waals surface area contributed by atoms with E-state index in [1.807, 2.05) is 24.3 Å². The fraction of sp³-hybridized carbons (Fsp3) is 0.160. The molecule has 0 bridgehead atoms. The van der Waals surface area contributed by atoms with E-state index in [4.69, 9.17) is 16.3 Å². The highest BCUT2D eigenvalue weighted by Gasteiger charge is 2.28. The van der Waals surface area contributed by atoms with Crippen LogP contribution in [0.25, 0.3) is 16.0 Å². The molecule has 0 fully saturated rings. The Bertz CT molecular complexity index is 1320. The Balaban J connectivity index is 1.52. The van der Waals surface area contributed by atoms with E-state index >= 15 is 0 Å². The van der Waals surface area contributed by atoms with Crippen molar-refractivity contribution in [3.05, 3.63) is 87.9 Å². The summed E-state index contributed by atoms with van der Waals surface area (Å²) < 4.78 is 19.8. The summed E-state index contributed by atoms with van der Waals surface area (Å²) >= 11 is 6.30. The van der Waals surface area contributed by atoms with Gasteiger partial charge in [-0.3, -0.25) is 9.52 Å². The molecule has 162 valence electrons. The van der Waals surface area contributed by atoms with Crippen molar-refractivity contribution in [2.24, 2.45) is 0 Å². The molecule has 3 aromatic rings. The van der Waals surface area contributed by atoms with Crippen molar-refractivity contribution >= 4 is 33.4 Å². The Morgan fingerprint density at radius 1 is 1.12 bits per heavy atom. The van der Waals surface area contributed by atoms with Gasteiger partial charge in [0.1, 0.15) is 11.5 Å². The summed E-state index contributed by atoms with van der Waals surface area (Å²) in [4.78, 5) is 11.8. The van der Waals surface area contributed by atoms with Crippen LogP contribution in [0, 0.1) is 0 Å². The van der Waals surface area contributed by atoms with Crippen LogP contribution in [0.3, 0.4) is 0 Å². The number of rotatable bonds is 4. The quantitative estimate of drug-likeness (QED) is 0.572. The van der Waals surface area contributed by atoms with Gasteiger partial charge in [0.25, 0.3) is 5.91 Å². The van der Waals surface area contributed by atoms with E-state index in [1.165, 1.54) is 17.2 Å². The number of ether oxygens (including phenoxy) is 1. The average molecular weight is 466 g/mol. The van der Waals surface area contributed by atoms with Gasteiger partial charge in [0.2, 0.25) is 0 Å². The molecule has 7 heteroatoms. The molecule has 5 rings (SSSR count). The first-order valence-corrected chi connectivity index (χ1v) is 11.7. The van der Waals surface area contributed by atoms with Crippen LogP contribution in [0.15, 0.2) is 60.7 Å². The van der Waals surface area contributed by atoms with Crippen molar-refractivity contribution in [3.8, 4) is 22.6 Å². The highest BCUT2D eigenvalue weighted by atomic mass is 35.5. The number of benzene rings is 3. The molecule has 5 nitrogen and oxygen atoms in total. The lowest BCUT2D eigenvalue weighted by Crippen LogP contribution is -2.16. The molecule has 0 spiro atoms. The van der Waals surface area contributed by atoms with Gasteiger partial charge in [0.15, 0.2) is 11.0 Å². The number of halogens is 1. The summed E-state index contributed by atoms with van der Waals surface area (Å²) in [6, 6.07) is 17.4. The molecule has 1 heterocycles. The minimum Gasteiger partial charge on any atom is -0.507 e. The lowest BCUT2D eigenvalue weighted by Gasteiger charge is -2.16. The molecular formula is C25H20ClNO4S. The number of phenolic OH excluding ortho intramolecular Hbond substituents is 1. The molecule has 0 saturated carbocycles. The highest BCUT2D eigenvalue weighted by Crippen LogP contribution is 2.44. The zero-order valence-electron chi connectivity index (χ0n) is 17.2. The van der Waals surface area contributed by atoms with E-state index < -0.39 is 16.9 Å². The van der Waals surface area contributed by atoms with Crippen LogP contribution < -0.4 is 9.46 Å². The monoisotopic (exact) mass is 465 g/mol.